The van der Waals surface area contributed by atoms with E-state index in [0.29, 0.717) is 29.4 Å². The molecule has 0 fully saturated rings. The lowest BCUT2D eigenvalue weighted by atomic mass is 9.83. The van der Waals surface area contributed by atoms with Crippen molar-refractivity contribution in [3.8, 4) is 11.5 Å². The number of phenols is 1. The molecular weight excluding hydrogens is 545 g/mol. The van der Waals surface area contributed by atoms with Gasteiger partial charge in [0.25, 0.3) is 0 Å². The van der Waals surface area contributed by atoms with E-state index in [0.717, 1.165) is 35.1 Å². The number of phosphoric ester groups is 1. The van der Waals surface area contributed by atoms with Crippen LogP contribution in [0.15, 0.2) is 36.4 Å². The minimum Gasteiger partial charge on any atom is -0.508 e. The van der Waals surface area contributed by atoms with Gasteiger partial charge in [-0.1, -0.05) is 39.3 Å². The Balaban J connectivity index is 1.86. The second kappa shape index (κ2) is 11.7. The first kappa shape index (κ1) is 30.3. The summed E-state index contributed by atoms with van der Waals surface area (Å²) in [5.74, 6) is 0.867. The first-order valence-electron chi connectivity index (χ1n) is 13.7. The maximum absolute atomic E-state index is 12.1. The number of nitrogens with zero attached hydrogens (tertiary/aromatic N) is 3. The number of aryl methyl sites for hydroxylation is 1. The van der Waals surface area contributed by atoms with Crippen LogP contribution in [-0.2, 0) is 22.3 Å². The Morgan fingerprint density at radius 1 is 1.17 bits per heavy atom. The van der Waals surface area contributed by atoms with Crippen LogP contribution in [0.3, 0.4) is 0 Å². The summed E-state index contributed by atoms with van der Waals surface area (Å²) >= 11 is 0. The van der Waals surface area contributed by atoms with Gasteiger partial charge in [-0.15, -0.1) is 0 Å². The number of imidazole rings is 1. The van der Waals surface area contributed by atoms with Gasteiger partial charge < -0.3 is 25.2 Å². The number of hydrogen-bond donors (Lipinski definition) is 5. The van der Waals surface area contributed by atoms with Crippen LogP contribution in [0.2, 0.25) is 0 Å². The predicted octanol–water partition coefficient (Wildman–Crippen LogP) is 5.14. The summed E-state index contributed by atoms with van der Waals surface area (Å²) in [4.78, 5) is 40.2. The third-order valence-corrected chi connectivity index (χ3v) is 7.98. The van der Waals surface area contributed by atoms with E-state index in [1.165, 1.54) is 18.2 Å². The summed E-state index contributed by atoms with van der Waals surface area (Å²) in [6.07, 6.45) is 2.88. The number of aromatic hydroxyl groups is 1. The fourth-order valence-electron chi connectivity index (χ4n) is 4.97. The SMILES string of the molecule is CCCCc1nc2c(N)nc3cc(C(C)C(C)(C)NC(=O)CC)ccc3c2n1Cc1cc(OP(=O)(O)O)ccc1O. The van der Waals surface area contributed by atoms with Gasteiger partial charge in [-0.05, 0) is 50.1 Å². The van der Waals surface area contributed by atoms with Gasteiger partial charge in [-0.2, -0.15) is 0 Å². The number of fused-ring (bicyclic) bond motifs is 3. The van der Waals surface area contributed by atoms with Crippen molar-refractivity contribution in [3.63, 3.8) is 0 Å². The van der Waals surface area contributed by atoms with Crippen LogP contribution in [0.1, 0.15) is 76.8 Å². The van der Waals surface area contributed by atoms with Crippen molar-refractivity contribution in [3.05, 3.63) is 53.3 Å². The number of unbranched alkanes of at least 4 members (excludes halogenated alkanes) is 1. The number of nitrogens with one attached hydrogen (secondary N) is 1. The molecule has 4 aromatic rings. The van der Waals surface area contributed by atoms with E-state index in [2.05, 4.69) is 24.1 Å². The van der Waals surface area contributed by atoms with Crippen LogP contribution >= 0.6 is 7.82 Å². The Labute approximate surface area is 239 Å². The molecule has 0 aliphatic carbocycles. The van der Waals surface area contributed by atoms with E-state index in [1.54, 1.807) is 0 Å². The molecule has 0 saturated carbocycles. The molecule has 2 aromatic heterocycles. The number of nitrogens with two attached hydrogens (primary N) is 1. The fourth-order valence-corrected chi connectivity index (χ4v) is 5.35. The molecule has 2 heterocycles. The molecule has 0 bridgehead atoms. The Morgan fingerprint density at radius 3 is 2.56 bits per heavy atom. The summed E-state index contributed by atoms with van der Waals surface area (Å²) in [6.45, 7) is 10.1. The third kappa shape index (κ3) is 6.64. The molecule has 0 aliphatic rings. The van der Waals surface area contributed by atoms with Crippen molar-refractivity contribution in [2.45, 2.75) is 78.3 Å². The molecule has 41 heavy (non-hydrogen) atoms. The van der Waals surface area contributed by atoms with Crippen LogP contribution in [0.25, 0.3) is 21.9 Å². The average molecular weight is 584 g/mol. The number of carbonyl (C=O) groups is 1. The average Bonchev–Trinajstić information content (AvgIpc) is 3.26. The lowest BCUT2D eigenvalue weighted by Gasteiger charge is -2.33. The number of hydrogen-bond acceptors (Lipinski definition) is 7. The lowest BCUT2D eigenvalue weighted by Crippen LogP contribution is -2.46. The minimum absolute atomic E-state index is 0.0197. The van der Waals surface area contributed by atoms with E-state index in [9.17, 15) is 24.3 Å². The Morgan fingerprint density at radius 2 is 1.90 bits per heavy atom. The van der Waals surface area contributed by atoms with Gasteiger partial charge in [0, 0.05) is 35.2 Å². The zero-order chi connectivity index (χ0) is 30.1. The molecule has 0 saturated heterocycles. The van der Waals surface area contributed by atoms with Gasteiger partial charge in [0.05, 0.1) is 17.6 Å². The monoisotopic (exact) mass is 583 g/mol. The largest absolute Gasteiger partial charge is 0.524 e. The highest BCUT2D eigenvalue weighted by molar-refractivity contribution is 7.46. The van der Waals surface area contributed by atoms with Crippen molar-refractivity contribution in [2.24, 2.45) is 0 Å². The highest BCUT2D eigenvalue weighted by Gasteiger charge is 2.29. The Bertz CT molecular complexity index is 1640. The van der Waals surface area contributed by atoms with Crippen molar-refractivity contribution in [2.75, 3.05) is 5.73 Å². The lowest BCUT2D eigenvalue weighted by molar-refractivity contribution is -0.122. The van der Waals surface area contributed by atoms with E-state index in [1.807, 2.05) is 43.5 Å². The normalized spacial score (nSPS) is 13.0. The number of amides is 1. The molecule has 220 valence electrons. The van der Waals surface area contributed by atoms with Crippen molar-refractivity contribution in [1.29, 1.82) is 0 Å². The Hall–Kier alpha value is -3.66. The topological polar surface area (TPSA) is 173 Å². The van der Waals surface area contributed by atoms with E-state index < -0.39 is 13.4 Å². The van der Waals surface area contributed by atoms with E-state index >= 15 is 0 Å². The van der Waals surface area contributed by atoms with Gasteiger partial charge in [-0.25, -0.2) is 14.5 Å². The summed E-state index contributed by atoms with van der Waals surface area (Å²) in [6, 6.07) is 10.0. The Kier molecular flexibility index (Phi) is 8.63. The smallest absolute Gasteiger partial charge is 0.508 e. The summed E-state index contributed by atoms with van der Waals surface area (Å²) in [7, 11) is -4.78. The van der Waals surface area contributed by atoms with E-state index in [4.69, 9.17) is 15.2 Å². The molecule has 1 unspecified atom stereocenters. The molecule has 0 spiro atoms. The van der Waals surface area contributed by atoms with Gasteiger partial charge in [0.15, 0.2) is 5.82 Å². The predicted molar refractivity (Wildman–Crippen MR) is 159 cm³/mol. The third-order valence-electron chi connectivity index (χ3n) is 7.53. The van der Waals surface area contributed by atoms with Gasteiger partial charge >= 0.3 is 7.82 Å². The minimum atomic E-state index is -4.78. The molecule has 0 radical (unpaired) electrons. The number of nitrogen functional groups attached to an aromatic ring is 1. The number of phosphoric acid groups is 1. The summed E-state index contributed by atoms with van der Waals surface area (Å²) in [5, 5.41) is 14.6. The van der Waals surface area contributed by atoms with Gasteiger partial charge in [0.1, 0.15) is 22.8 Å². The standard InChI is InChI=1S/C29H38N5O6P/c1-6-8-9-24-32-26-27(34(24)16-19-14-20(11-13-23(19)35)40-41(37,38)39)21-12-10-18(15-22(21)31-28(26)30)17(3)29(4,5)33-25(36)7-2/h10-15,17,35H,6-9,16H2,1-5H3,(H2,30,31)(H,33,36)(H2,37,38,39). The second-order valence-corrected chi connectivity index (χ2v) is 12.1. The molecule has 4 rings (SSSR count). The second-order valence-electron chi connectivity index (χ2n) is 10.9. The number of carbonyl (C=O) groups excluding carboxylic acids is 1. The summed E-state index contributed by atoms with van der Waals surface area (Å²) in [5.41, 5.74) is 9.30. The first-order valence-corrected chi connectivity index (χ1v) is 15.2. The zero-order valence-corrected chi connectivity index (χ0v) is 24.9. The van der Waals surface area contributed by atoms with Gasteiger partial charge in [-0.3, -0.25) is 14.6 Å². The van der Waals surface area contributed by atoms with Crippen molar-refractivity contribution in [1.82, 2.24) is 19.9 Å². The van der Waals surface area contributed by atoms with Crippen molar-refractivity contribution < 1.29 is 28.8 Å². The molecule has 11 nitrogen and oxygen atoms in total. The van der Waals surface area contributed by atoms with Crippen LogP contribution in [0.4, 0.5) is 5.82 Å². The number of rotatable bonds is 11. The van der Waals surface area contributed by atoms with Crippen LogP contribution < -0.4 is 15.6 Å². The zero-order valence-electron chi connectivity index (χ0n) is 24.0. The molecule has 1 atom stereocenters. The quantitative estimate of drug-likeness (QED) is 0.150. The molecule has 2 aromatic carbocycles. The van der Waals surface area contributed by atoms with E-state index in [-0.39, 0.29) is 35.7 Å². The number of aromatic nitrogens is 3. The maximum Gasteiger partial charge on any atom is 0.524 e. The number of benzene rings is 2. The number of pyridine rings is 1. The van der Waals surface area contributed by atoms with Crippen LogP contribution in [0.5, 0.6) is 11.5 Å². The first-order chi connectivity index (χ1) is 19.2. The van der Waals surface area contributed by atoms with Gasteiger partial charge in [0.2, 0.25) is 5.91 Å². The number of anilines is 1. The molecule has 12 heteroatoms. The summed E-state index contributed by atoms with van der Waals surface area (Å²) < 4.78 is 18.1. The fraction of sp³-hybridized carbons (Fsp3) is 0.414. The maximum atomic E-state index is 12.1. The molecule has 1 amide bonds. The van der Waals surface area contributed by atoms with Crippen LogP contribution in [-0.4, -0.2) is 40.9 Å². The molecule has 6 N–H and O–H groups in total. The molecule has 0 aliphatic heterocycles. The number of phenolic OH excluding ortho intramolecular Hbond substituents is 1. The molecular formula is C29H38N5O6P. The van der Waals surface area contributed by atoms with Crippen LogP contribution in [0, 0.1) is 0 Å². The highest BCUT2D eigenvalue weighted by atomic mass is 31.2. The highest BCUT2D eigenvalue weighted by Crippen LogP contribution is 2.40. The van der Waals surface area contributed by atoms with Crippen molar-refractivity contribution >= 4 is 41.5 Å².